The van der Waals surface area contributed by atoms with E-state index in [1.54, 1.807) is 24.6 Å². The Bertz CT molecular complexity index is 815. The Hall–Kier alpha value is -2.19. The first kappa shape index (κ1) is 15.7. The van der Waals surface area contributed by atoms with Crippen molar-refractivity contribution >= 4 is 15.9 Å². The lowest BCUT2D eigenvalue weighted by Gasteiger charge is -2.27. The number of nitrogens with zero attached hydrogens (tertiary/aromatic N) is 2. The van der Waals surface area contributed by atoms with Crippen LogP contribution < -0.4 is 5.32 Å². The van der Waals surface area contributed by atoms with E-state index in [-0.39, 0.29) is 12.5 Å². The molecule has 0 aromatic carbocycles. The number of sulfonamides is 1. The summed E-state index contributed by atoms with van der Waals surface area (Å²) in [6.07, 6.45) is 6.37. The second-order valence-corrected chi connectivity index (χ2v) is 7.42. The van der Waals surface area contributed by atoms with Gasteiger partial charge in [-0.05, 0) is 29.7 Å². The molecule has 0 saturated carbocycles. The summed E-state index contributed by atoms with van der Waals surface area (Å²) in [5.74, 6) is 0.429. The normalized spacial score (nSPS) is 15.2. The molecule has 3 heterocycles. The van der Waals surface area contributed by atoms with Crippen LogP contribution in [0.3, 0.4) is 0 Å². The van der Waals surface area contributed by atoms with Gasteiger partial charge < -0.3 is 9.73 Å². The van der Waals surface area contributed by atoms with Gasteiger partial charge in [0.25, 0.3) is 5.91 Å². The third-order valence-electron chi connectivity index (χ3n) is 3.82. The van der Waals surface area contributed by atoms with Crippen LogP contribution in [0.15, 0.2) is 35.2 Å². The Morgan fingerprint density at radius 3 is 2.96 bits per heavy atom. The molecule has 0 fully saturated rings. The number of carbonyl (C=O) groups is 1. The van der Waals surface area contributed by atoms with Gasteiger partial charge in [-0.1, -0.05) is 0 Å². The van der Waals surface area contributed by atoms with Crippen LogP contribution in [-0.2, 0) is 29.5 Å². The van der Waals surface area contributed by atoms with Crippen LogP contribution in [0.4, 0.5) is 0 Å². The summed E-state index contributed by atoms with van der Waals surface area (Å²) >= 11 is 0. The minimum atomic E-state index is -3.25. The molecule has 7 nitrogen and oxygen atoms in total. The number of amides is 1. The van der Waals surface area contributed by atoms with E-state index >= 15 is 0 Å². The predicted octanol–water partition coefficient (Wildman–Crippen LogP) is 0.922. The van der Waals surface area contributed by atoms with Gasteiger partial charge in [0.15, 0.2) is 0 Å². The van der Waals surface area contributed by atoms with Crippen LogP contribution in [0.2, 0.25) is 0 Å². The van der Waals surface area contributed by atoms with Crippen LogP contribution in [0.1, 0.15) is 27.2 Å². The largest absolute Gasteiger partial charge is 0.467 e. The van der Waals surface area contributed by atoms with Gasteiger partial charge in [0.05, 0.1) is 24.6 Å². The van der Waals surface area contributed by atoms with Crippen LogP contribution in [0.25, 0.3) is 0 Å². The third-order valence-corrected chi connectivity index (χ3v) is 5.07. The van der Waals surface area contributed by atoms with E-state index in [4.69, 9.17) is 4.42 Å². The number of carbonyl (C=O) groups excluding carboxylic acids is 1. The fraction of sp³-hybridized carbons (Fsp3) is 0.333. The van der Waals surface area contributed by atoms with Gasteiger partial charge in [0.1, 0.15) is 5.76 Å². The minimum Gasteiger partial charge on any atom is -0.467 e. The van der Waals surface area contributed by atoms with Crippen LogP contribution in [0, 0.1) is 0 Å². The van der Waals surface area contributed by atoms with Gasteiger partial charge in [-0.15, -0.1) is 0 Å². The van der Waals surface area contributed by atoms with E-state index in [9.17, 15) is 13.2 Å². The Kier molecular flexibility index (Phi) is 4.18. The Balaban J connectivity index is 1.78. The SMILES string of the molecule is CS(=O)(=O)N1CCc2c(cncc2C(=O)NCc2ccco2)C1. The Labute approximate surface area is 134 Å². The Morgan fingerprint density at radius 1 is 1.43 bits per heavy atom. The van der Waals surface area contributed by atoms with Gasteiger partial charge in [-0.2, -0.15) is 4.31 Å². The molecular weight excluding hydrogens is 318 g/mol. The number of hydrogen-bond acceptors (Lipinski definition) is 5. The maximum atomic E-state index is 12.4. The smallest absolute Gasteiger partial charge is 0.253 e. The van der Waals surface area contributed by atoms with E-state index in [0.29, 0.717) is 30.8 Å². The average molecular weight is 335 g/mol. The molecule has 0 saturated heterocycles. The molecule has 0 radical (unpaired) electrons. The maximum Gasteiger partial charge on any atom is 0.253 e. The quantitative estimate of drug-likeness (QED) is 0.897. The molecule has 2 aromatic heterocycles. The van der Waals surface area contributed by atoms with Gasteiger partial charge in [0.2, 0.25) is 10.0 Å². The molecule has 0 atom stereocenters. The van der Waals surface area contributed by atoms with Crippen molar-refractivity contribution in [3.8, 4) is 0 Å². The number of aromatic nitrogens is 1. The molecule has 0 spiro atoms. The van der Waals surface area contributed by atoms with Crippen molar-refractivity contribution in [2.45, 2.75) is 19.5 Å². The Morgan fingerprint density at radius 2 is 2.26 bits per heavy atom. The first-order valence-corrected chi connectivity index (χ1v) is 9.01. The highest BCUT2D eigenvalue weighted by Crippen LogP contribution is 2.23. The molecule has 1 aliphatic rings. The molecule has 8 heteroatoms. The second kappa shape index (κ2) is 6.13. The predicted molar refractivity (Wildman–Crippen MR) is 83.1 cm³/mol. The first-order chi connectivity index (χ1) is 10.9. The first-order valence-electron chi connectivity index (χ1n) is 7.16. The number of rotatable bonds is 4. The van der Waals surface area contributed by atoms with Crippen molar-refractivity contribution in [1.82, 2.24) is 14.6 Å². The summed E-state index contributed by atoms with van der Waals surface area (Å²) in [5, 5.41) is 2.79. The van der Waals surface area contributed by atoms with Gasteiger partial charge in [-0.3, -0.25) is 9.78 Å². The van der Waals surface area contributed by atoms with Crippen molar-refractivity contribution in [1.29, 1.82) is 0 Å². The lowest BCUT2D eigenvalue weighted by atomic mass is 9.98. The second-order valence-electron chi connectivity index (χ2n) is 5.43. The summed E-state index contributed by atoms with van der Waals surface area (Å²) in [6, 6.07) is 3.54. The van der Waals surface area contributed by atoms with Crippen molar-refractivity contribution in [3.05, 3.63) is 53.2 Å². The highest BCUT2D eigenvalue weighted by Gasteiger charge is 2.26. The zero-order valence-corrected chi connectivity index (χ0v) is 13.5. The average Bonchev–Trinajstić information content (AvgIpc) is 3.04. The van der Waals surface area contributed by atoms with E-state index in [2.05, 4.69) is 10.3 Å². The molecular formula is C15H17N3O4S. The molecule has 3 rings (SSSR count). The highest BCUT2D eigenvalue weighted by molar-refractivity contribution is 7.88. The number of furan rings is 1. The van der Waals surface area contributed by atoms with Gasteiger partial charge in [0, 0.05) is 25.5 Å². The molecule has 1 aliphatic heterocycles. The van der Waals surface area contributed by atoms with Gasteiger partial charge in [-0.25, -0.2) is 8.42 Å². The fourth-order valence-electron chi connectivity index (χ4n) is 2.62. The summed E-state index contributed by atoms with van der Waals surface area (Å²) in [6.45, 7) is 0.916. The summed E-state index contributed by atoms with van der Waals surface area (Å²) in [5.41, 5.74) is 2.12. The van der Waals surface area contributed by atoms with Crippen molar-refractivity contribution < 1.29 is 17.6 Å². The van der Waals surface area contributed by atoms with E-state index in [1.807, 2.05) is 0 Å². The van der Waals surface area contributed by atoms with Gasteiger partial charge >= 0.3 is 0 Å². The number of fused-ring (bicyclic) bond motifs is 1. The molecule has 23 heavy (non-hydrogen) atoms. The standard InChI is InChI=1S/C15H17N3O4S/c1-23(20,21)18-5-4-13-11(10-18)7-16-9-14(13)15(19)17-8-12-3-2-6-22-12/h2-3,6-7,9H,4-5,8,10H2,1H3,(H,17,19). The lowest BCUT2D eigenvalue weighted by molar-refractivity contribution is 0.0946. The zero-order valence-electron chi connectivity index (χ0n) is 12.7. The third kappa shape index (κ3) is 3.43. The summed E-state index contributed by atoms with van der Waals surface area (Å²) in [7, 11) is -3.25. The number of hydrogen-bond donors (Lipinski definition) is 1. The van der Waals surface area contributed by atoms with E-state index in [1.165, 1.54) is 16.8 Å². The van der Waals surface area contributed by atoms with Crippen LogP contribution in [0.5, 0.6) is 0 Å². The minimum absolute atomic E-state index is 0.237. The fourth-order valence-corrected chi connectivity index (χ4v) is 3.42. The summed E-state index contributed by atoms with van der Waals surface area (Å²) < 4.78 is 29.9. The van der Waals surface area contributed by atoms with Crippen LogP contribution in [-0.4, -0.2) is 36.4 Å². The molecule has 2 aromatic rings. The lowest BCUT2D eigenvalue weighted by Crippen LogP contribution is -2.36. The zero-order chi connectivity index (χ0) is 16.4. The maximum absolute atomic E-state index is 12.4. The topological polar surface area (TPSA) is 92.5 Å². The molecule has 0 bridgehead atoms. The van der Waals surface area contributed by atoms with Crippen molar-refractivity contribution in [3.63, 3.8) is 0 Å². The van der Waals surface area contributed by atoms with Crippen molar-refractivity contribution in [2.75, 3.05) is 12.8 Å². The van der Waals surface area contributed by atoms with E-state index in [0.717, 1.165) is 11.1 Å². The van der Waals surface area contributed by atoms with Crippen LogP contribution >= 0.6 is 0 Å². The number of pyridine rings is 1. The monoisotopic (exact) mass is 335 g/mol. The molecule has 0 aliphatic carbocycles. The van der Waals surface area contributed by atoms with Crippen molar-refractivity contribution in [2.24, 2.45) is 0 Å². The highest BCUT2D eigenvalue weighted by atomic mass is 32.2. The number of nitrogens with one attached hydrogen (secondary N) is 1. The molecule has 1 amide bonds. The molecule has 1 N–H and O–H groups in total. The van der Waals surface area contributed by atoms with E-state index < -0.39 is 10.0 Å². The summed E-state index contributed by atoms with van der Waals surface area (Å²) in [4.78, 5) is 16.4. The molecule has 0 unspecified atom stereocenters. The molecule has 122 valence electrons.